The highest BCUT2D eigenvalue weighted by Crippen LogP contribution is 2.70. The van der Waals surface area contributed by atoms with Crippen molar-refractivity contribution in [1.29, 1.82) is 0 Å². The first kappa shape index (κ1) is 43.1. The van der Waals surface area contributed by atoms with E-state index >= 15 is 0 Å². The molecule has 6 fully saturated rings. The first-order chi connectivity index (χ1) is 28.6. The Kier molecular flexibility index (Phi) is 12.2. The largest absolute Gasteiger partial charge is 0.463 e. The summed E-state index contributed by atoms with van der Waals surface area (Å²) in [5.41, 5.74) is 2.48. The topological polar surface area (TPSA) is 145 Å². The second-order valence-electron chi connectivity index (χ2n) is 19.5. The van der Waals surface area contributed by atoms with Gasteiger partial charge in [-0.15, -0.1) is 0 Å². The summed E-state index contributed by atoms with van der Waals surface area (Å²) in [6, 6.07) is 8.32. The fourth-order valence-corrected chi connectivity index (χ4v) is 13.1. The van der Waals surface area contributed by atoms with Gasteiger partial charge in [-0.05, 0) is 103 Å². The minimum Gasteiger partial charge on any atom is -0.463 e. The molecule has 3 saturated heterocycles. The summed E-state index contributed by atoms with van der Waals surface area (Å²) in [6.07, 6.45) is 10.0. The number of carbonyl (C=O) groups excluding carboxylic acids is 4. The molecule has 12 nitrogen and oxygen atoms in total. The van der Waals surface area contributed by atoms with Gasteiger partial charge in [-0.1, -0.05) is 69.7 Å². The molecule has 1 N–H and O–H groups in total. The zero-order valence-electron chi connectivity index (χ0n) is 36.4. The Morgan fingerprint density at radius 2 is 1.65 bits per heavy atom. The van der Waals surface area contributed by atoms with Gasteiger partial charge in [0.05, 0.1) is 18.8 Å². The number of hydrogen-bond acceptors (Lipinski definition) is 11. The summed E-state index contributed by atoms with van der Waals surface area (Å²) >= 11 is 0. The predicted octanol–water partition coefficient (Wildman–Crippen LogP) is 7.09. The van der Waals surface area contributed by atoms with E-state index in [0.29, 0.717) is 41.9 Å². The maximum atomic E-state index is 13.6. The summed E-state index contributed by atoms with van der Waals surface area (Å²) in [7, 11) is 0. The maximum Gasteiger partial charge on any atom is 0.303 e. The predicted molar refractivity (Wildman–Crippen MR) is 220 cm³/mol. The van der Waals surface area contributed by atoms with Crippen LogP contribution >= 0.6 is 0 Å². The molecule has 3 saturated carbocycles. The molecule has 0 aromatic heterocycles. The quantitative estimate of drug-likeness (QED) is 0.118. The second-order valence-corrected chi connectivity index (χ2v) is 19.5. The van der Waals surface area contributed by atoms with Gasteiger partial charge in [0, 0.05) is 39.2 Å². The molecule has 1 amide bonds. The molecule has 12 heteroatoms. The number of fused-ring (bicyclic) bond motifs is 7. The van der Waals surface area contributed by atoms with Gasteiger partial charge in [-0.3, -0.25) is 19.2 Å². The average molecular weight is 832 g/mol. The molecule has 8 rings (SSSR count). The summed E-state index contributed by atoms with van der Waals surface area (Å²) in [5.74, 6) is 0.482. The van der Waals surface area contributed by atoms with Gasteiger partial charge in [-0.25, -0.2) is 0 Å². The molecule has 60 heavy (non-hydrogen) atoms. The van der Waals surface area contributed by atoms with Crippen LogP contribution in [0.4, 0.5) is 0 Å². The number of amides is 1. The minimum atomic E-state index is -1.21. The van der Waals surface area contributed by atoms with Crippen LogP contribution in [-0.4, -0.2) is 85.7 Å². The number of esters is 3. The lowest BCUT2D eigenvalue weighted by atomic mass is 9.47. The average Bonchev–Trinajstić information content (AvgIpc) is 3.65. The van der Waals surface area contributed by atoms with Gasteiger partial charge in [0.1, 0.15) is 18.8 Å². The number of hydrogen-bond donors (Lipinski definition) is 1. The molecule has 1 aromatic rings. The molecule has 16 atom stereocenters. The standard InChI is InChI=1S/C48H65NO11/c1-27-17-22-48(55-25-27)28(2)41-38(60-48)24-37-35-15-14-33-23-34(18-20-46(33,6)36(35)19-21-47(37,41)7)58-45-42(49-40(53)16-13-32-11-9-8-10-12-32)44(57-31(5)52)43(56-30(4)51)39(59-45)26-54-29(3)50/h8-14,16,27-28,34-39,41-45H,15,17-26H2,1-7H3,(H,49,53)/b16-13+/t27-,28+,34+,35-,36+,37+,38+,39-,41+,42-,43-,44-,45-,46+,47+,48-/m1/s1. The molecular formula is C48H65NO11. The molecule has 0 radical (unpaired) electrons. The highest BCUT2D eigenvalue weighted by molar-refractivity contribution is 5.92. The Bertz CT molecular complexity index is 1840. The van der Waals surface area contributed by atoms with Crippen LogP contribution in [0.5, 0.6) is 0 Å². The van der Waals surface area contributed by atoms with Gasteiger partial charge in [0.15, 0.2) is 24.3 Å². The van der Waals surface area contributed by atoms with Crippen LogP contribution in [0.1, 0.15) is 112 Å². The fourth-order valence-electron chi connectivity index (χ4n) is 13.1. The number of rotatable bonds is 9. The lowest BCUT2D eigenvalue weighted by molar-refractivity contribution is -0.289. The van der Waals surface area contributed by atoms with E-state index in [1.54, 1.807) is 6.08 Å². The normalized spacial score (nSPS) is 43.2. The Morgan fingerprint density at radius 1 is 0.900 bits per heavy atom. The highest BCUT2D eigenvalue weighted by Gasteiger charge is 2.68. The van der Waals surface area contributed by atoms with Crippen molar-refractivity contribution < 1.29 is 52.3 Å². The Labute approximate surface area is 354 Å². The SMILES string of the molecule is CC(=O)OC[C@H]1O[C@@H](O[C@H]2CC[C@@]3(C)C(=CC[C@H]4[C@@H]5C[C@@H]6O[C@]7(CC[C@@H](C)CO7)[C@@H](C)[C@@H]6[C@@]5(C)CC[C@@H]43)C2)[C@H](NC(=O)/C=C/c2ccccc2)[C@@H](OC(C)=O)[C@@H]1OC(C)=O. The molecule has 0 bridgehead atoms. The molecular weight excluding hydrogens is 767 g/mol. The molecule has 328 valence electrons. The number of ether oxygens (including phenoxy) is 7. The second kappa shape index (κ2) is 16.9. The zero-order chi connectivity index (χ0) is 42.6. The van der Waals surface area contributed by atoms with Crippen LogP contribution in [0.25, 0.3) is 6.08 Å². The van der Waals surface area contributed by atoms with Crippen LogP contribution in [-0.2, 0) is 52.3 Å². The van der Waals surface area contributed by atoms with Gasteiger partial charge < -0.3 is 38.5 Å². The molecule has 0 unspecified atom stereocenters. The first-order valence-electron chi connectivity index (χ1n) is 22.4. The summed E-state index contributed by atoms with van der Waals surface area (Å²) in [5, 5.41) is 2.95. The van der Waals surface area contributed by atoms with Crippen molar-refractivity contribution >= 4 is 29.9 Å². The summed E-state index contributed by atoms with van der Waals surface area (Å²) in [6.45, 7) is 14.0. The lowest BCUT2D eigenvalue weighted by Crippen LogP contribution is -2.67. The van der Waals surface area contributed by atoms with E-state index in [9.17, 15) is 19.2 Å². The van der Waals surface area contributed by atoms with Gasteiger partial charge >= 0.3 is 17.9 Å². The van der Waals surface area contributed by atoms with E-state index in [0.717, 1.165) is 50.7 Å². The summed E-state index contributed by atoms with van der Waals surface area (Å²) < 4.78 is 43.8. The van der Waals surface area contributed by atoms with Crippen molar-refractivity contribution in [3.63, 3.8) is 0 Å². The van der Waals surface area contributed by atoms with Crippen molar-refractivity contribution in [2.45, 2.75) is 155 Å². The molecule has 3 aliphatic heterocycles. The van der Waals surface area contributed by atoms with Crippen molar-refractivity contribution in [3.05, 3.63) is 53.6 Å². The number of nitrogens with one attached hydrogen (secondary N) is 1. The molecule has 1 spiro atoms. The van der Waals surface area contributed by atoms with Crippen molar-refractivity contribution in [3.8, 4) is 0 Å². The smallest absolute Gasteiger partial charge is 0.303 e. The van der Waals surface area contributed by atoms with Crippen LogP contribution in [0, 0.1) is 46.3 Å². The first-order valence-corrected chi connectivity index (χ1v) is 22.4. The Hall–Kier alpha value is -3.58. The molecule has 4 aliphatic carbocycles. The molecule has 1 aromatic carbocycles. The molecule has 7 aliphatic rings. The van der Waals surface area contributed by atoms with Crippen LogP contribution in [0.3, 0.4) is 0 Å². The number of benzene rings is 1. The van der Waals surface area contributed by atoms with Crippen LogP contribution < -0.4 is 5.32 Å². The zero-order valence-corrected chi connectivity index (χ0v) is 36.4. The van der Waals surface area contributed by atoms with Crippen molar-refractivity contribution in [1.82, 2.24) is 5.32 Å². The lowest BCUT2D eigenvalue weighted by Gasteiger charge is -2.58. The third kappa shape index (κ3) is 8.11. The highest BCUT2D eigenvalue weighted by atomic mass is 16.7. The van der Waals surface area contributed by atoms with Crippen LogP contribution in [0.2, 0.25) is 0 Å². The van der Waals surface area contributed by atoms with Crippen molar-refractivity contribution in [2.75, 3.05) is 13.2 Å². The van der Waals surface area contributed by atoms with Gasteiger partial charge in [0.2, 0.25) is 5.91 Å². The van der Waals surface area contributed by atoms with Gasteiger partial charge in [-0.2, -0.15) is 0 Å². The number of allylic oxidation sites excluding steroid dienone is 1. The Morgan fingerprint density at radius 3 is 2.35 bits per heavy atom. The number of carbonyl (C=O) groups is 4. The van der Waals surface area contributed by atoms with Crippen LogP contribution in [0.15, 0.2) is 48.1 Å². The third-order valence-electron chi connectivity index (χ3n) is 15.9. The monoisotopic (exact) mass is 831 g/mol. The van der Waals surface area contributed by atoms with E-state index in [-0.39, 0.29) is 29.6 Å². The summed E-state index contributed by atoms with van der Waals surface area (Å²) in [4.78, 5) is 50.6. The van der Waals surface area contributed by atoms with E-state index in [2.05, 4.69) is 39.1 Å². The van der Waals surface area contributed by atoms with E-state index < -0.39 is 60.2 Å². The van der Waals surface area contributed by atoms with Gasteiger partial charge in [0.25, 0.3) is 0 Å². The minimum absolute atomic E-state index is 0.0277. The Balaban J connectivity index is 1.01. The van der Waals surface area contributed by atoms with Crippen molar-refractivity contribution in [2.24, 2.45) is 46.3 Å². The van der Waals surface area contributed by atoms with E-state index in [4.69, 9.17) is 33.2 Å². The van der Waals surface area contributed by atoms with E-state index in [1.807, 2.05) is 30.3 Å². The fraction of sp³-hybridized carbons (Fsp3) is 0.708. The molecule has 3 heterocycles. The van der Waals surface area contributed by atoms with E-state index in [1.165, 1.54) is 45.3 Å². The maximum absolute atomic E-state index is 13.6. The third-order valence-corrected chi connectivity index (χ3v) is 15.9.